The lowest BCUT2D eigenvalue weighted by atomic mass is 10.0. The molecule has 4 rings (SSSR count). The van der Waals surface area contributed by atoms with E-state index in [0.29, 0.717) is 26.3 Å². The first kappa shape index (κ1) is 18.0. The summed E-state index contributed by atoms with van der Waals surface area (Å²) in [5.41, 5.74) is 2.89. The molecule has 0 N–H and O–H groups in total. The largest absolute Gasteiger partial charge is 0.347 e. The molecule has 7 heteroatoms. The van der Waals surface area contributed by atoms with Gasteiger partial charge in [0.25, 0.3) is 5.91 Å². The van der Waals surface area contributed by atoms with Crippen LogP contribution in [0.15, 0.2) is 34.0 Å². The summed E-state index contributed by atoms with van der Waals surface area (Å²) in [5, 5.41) is 2.05. The maximum Gasteiger partial charge on any atom is 0.254 e. The lowest BCUT2D eigenvalue weighted by molar-refractivity contribution is -0.181. The topological polar surface area (TPSA) is 51.7 Å². The molecule has 26 heavy (non-hydrogen) atoms. The van der Waals surface area contributed by atoms with Crippen molar-refractivity contribution in [1.29, 1.82) is 0 Å². The van der Waals surface area contributed by atoms with Gasteiger partial charge in [0.05, 0.1) is 13.2 Å². The summed E-state index contributed by atoms with van der Waals surface area (Å²) in [6, 6.07) is 7.89. The SMILES string of the molecule is Cc1csc(SCc2ccccc2C(=O)N2CCC3(CC2)OCCO3)n1. The zero-order valence-electron chi connectivity index (χ0n) is 14.8. The summed E-state index contributed by atoms with van der Waals surface area (Å²) < 4.78 is 12.6. The molecule has 1 amide bonds. The molecule has 0 saturated carbocycles. The van der Waals surface area contributed by atoms with Crippen LogP contribution in [-0.4, -0.2) is 47.9 Å². The normalized spacial score (nSPS) is 19.2. The van der Waals surface area contributed by atoms with Crippen molar-refractivity contribution in [3.05, 3.63) is 46.5 Å². The molecule has 2 aliphatic heterocycles. The van der Waals surface area contributed by atoms with Gasteiger partial charge < -0.3 is 14.4 Å². The van der Waals surface area contributed by atoms with Crippen LogP contribution in [-0.2, 0) is 15.2 Å². The molecule has 2 saturated heterocycles. The van der Waals surface area contributed by atoms with E-state index < -0.39 is 5.79 Å². The maximum absolute atomic E-state index is 13.1. The van der Waals surface area contributed by atoms with Crippen molar-refractivity contribution in [2.75, 3.05) is 26.3 Å². The Labute approximate surface area is 161 Å². The summed E-state index contributed by atoms with van der Waals surface area (Å²) in [6.45, 7) is 4.66. The highest BCUT2D eigenvalue weighted by Gasteiger charge is 2.41. The van der Waals surface area contributed by atoms with Gasteiger partial charge in [0.2, 0.25) is 0 Å². The second-order valence-electron chi connectivity index (χ2n) is 6.60. The Morgan fingerprint density at radius 3 is 2.69 bits per heavy atom. The van der Waals surface area contributed by atoms with Crippen LogP contribution in [0, 0.1) is 6.92 Å². The number of nitrogens with zero attached hydrogens (tertiary/aromatic N) is 2. The highest BCUT2D eigenvalue weighted by atomic mass is 32.2. The standard InChI is InChI=1S/C19H22N2O3S2/c1-14-12-25-18(20-14)26-13-15-4-2-3-5-16(15)17(22)21-8-6-19(7-9-21)23-10-11-24-19/h2-5,12H,6-11,13H2,1H3. The Balaban J connectivity index is 1.43. The summed E-state index contributed by atoms with van der Waals surface area (Å²) >= 11 is 3.33. The van der Waals surface area contributed by atoms with Crippen molar-refractivity contribution in [2.24, 2.45) is 0 Å². The minimum absolute atomic E-state index is 0.101. The quantitative estimate of drug-likeness (QED) is 0.745. The van der Waals surface area contributed by atoms with Gasteiger partial charge in [-0.25, -0.2) is 4.98 Å². The molecule has 3 heterocycles. The number of rotatable bonds is 4. The van der Waals surface area contributed by atoms with Crippen molar-refractivity contribution in [1.82, 2.24) is 9.88 Å². The smallest absolute Gasteiger partial charge is 0.254 e. The second-order valence-corrected chi connectivity index (χ2v) is 8.68. The van der Waals surface area contributed by atoms with Crippen LogP contribution in [0.1, 0.15) is 34.5 Å². The molecular weight excluding hydrogens is 368 g/mol. The molecule has 2 aliphatic rings. The fourth-order valence-electron chi connectivity index (χ4n) is 3.40. The van der Waals surface area contributed by atoms with Gasteiger partial charge in [-0.3, -0.25) is 4.79 Å². The molecule has 0 bridgehead atoms. The molecule has 2 fully saturated rings. The van der Waals surface area contributed by atoms with E-state index in [0.717, 1.165) is 39.8 Å². The van der Waals surface area contributed by atoms with Gasteiger partial charge in [-0.05, 0) is 18.6 Å². The molecule has 0 radical (unpaired) electrons. The number of hydrogen-bond donors (Lipinski definition) is 0. The van der Waals surface area contributed by atoms with Crippen molar-refractivity contribution in [3.8, 4) is 0 Å². The number of carbonyl (C=O) groups is 1. The number of amides is 1. The van der Waals surface area contributed by atoms with Crippen LogP contribution < -0.4 is 0 Å². The Kier molecular flexibility index (Phi) is 5.31. The third kappa shape index (κ3) is 3.81. The van der Waals surface area contributed by atoms with Gasteiger partial charge in [0.1, 0.15) is 4.34 Å². The first-order chi connectivity index (χ1) is 12.7. The Bertz CT molecular complexity index is 777. The highest BCUT2D eigenvalue weighted by molar-refractivity contribution is 8.00. The molecule has 5 nitrogen and oxygen atoms in total. The monoisotopic (exact) mass is 390 g/mol. The van der Waals surface area contributed by atoms with Gasteiger partial charge in [-0.15, -0.1) is 11.3 Å². The second kappa shape index (κ2) is 7.68. The fraction of sp³-hybridized carbons (Fsp3) is 0.474. The van der Waals surface area contributed by atoms with E-state index in [2.05, 4.69) is 10.4 Å². The minimum atomic E-state index is -0.450. The average Bonchev–Trinajstić information content (AvgIpc) is 3.29. The number of thioether (sulfide) groups is 1. The van der Waals surface area contributed by atoms with E-state index in [1.807, 2.05) is 36.1 Å². The van der Waals surface area contributed by atoms with Crippen molar-refractivity contribution in [3.63, 3.8) is 0 Å². The number of carbonyl (C=O) groups excluding carboxylic acids is 1. The van der Waals surface area contributed by atoms with Gasteiger partial charge in [0.15, 0.2) is 5.79 Å². The molecule has 0 aliphatic carbocycles. The van der Waals surface area contributed by atoms with E-state index in [-0.39, 0.29) is 5.91 Å². The summed E-state index contributed by atoms with van der Waals surface area (Å²) in [6.07, 6.45) is 1.49. The van der Waals surface area contributed by atoms with Crippen LogP contribution in [0.3, 0.4) is 0 Å². The van der Waals surface area contributed by atoms with Crippen LogP contribution in [0.4, 0.5) is 0 Å². The summed E-state index contributed by atoms with van der Waals surface area (Å²) in [5.74, 6) is 0.401. The first-order valence-electron chi connectivity index (χ1n) is 8.85. The lowest BCUT2D eigenvalue weighted by Gasteiger charge is -2.37. The van der Waals surface area contributed by atoms with Crippen molar-refractivity contribution >= 4 is 29.0 Å². The molecule has 1 aromatic carbocycles. The third-order valence-corrected chi connectivity index (χ3v) is 7.01. The van der Waals surface area contributed by atoms with Crippen LogP contribution in [0.2, 0.25) is 0 Å². The lowest BCUT2D eigenvalue weighted by Crippen LogP contribution is -2.47. The Morgan fingerprint density at radius 2 is 2.00 bits per heavy atom. The average molecular weight is 391 g/mol. The third-order valence-electron chi connectivity index (χ3n) is 4.82. The van der Waals surface area contributed by atoms with Gasteiger partial charge >= 0.3 is 0 Å². The number of aromatic nitrogens is 1. The Hall–Kier alpha value is -1.41. The highest BCUT2D eigenvalue weighted by Crippen LogP contribution is 2.32. The number of ether oxygens (including phenoxy) is 2. The van der Waals surface area contributed by atoms with Gasteiger partial charge in [-0.2, -0.15) is 0 Å². The van der Waals surface area contributed by atoms with Crippen LogP contribution in [0.25, 0.3) is 0 Å². The molecule has 1 aromatic heterocycles. The van der Waals surface area contributed by atoms with Crippen molar-refractivity contribution in [2.45, 2.75) is 35.6 Å². The van der Waals surface area contributed by atoms with E-state index in [4.69, 9.17) is 9.47 Å². The summed E-state index contributed by atoms with van der Waals surface area (Å²) in [4.78, 5) is 19.5. The van der Waals surface area contributed by atoms with Crippen LogP contribution >= 0.6 is 23.1 Å². The van der Waals surface area contributed by atoms with E-state index in [9.17, 15) is 4.79 Å². The first-order valence-corrected chi connectivity index (χ1v) is 10.7. The number of aryl methyl sites for hydroxylation is 1. The molecular formula is C19H22N2O3S2. The minimum Gasteiger partial charge on any atom is -0.347 e. The van der Waals surface area contributed by atoms with Gasteiger partial charge in [-0.1, -0.05) is 30.0 Å². The Morgan fingerprint density at radius 1 is 1.27 bits per heavy atom. The molecule has 1 spiro atoms. The number of piperidine rings is 1. The van der Waals surface area contributed by atoms with Crippen molar-refractivity contribution < 1.29 is 14.3 Å². The predicted octanol–water partition coefficient (Wildman–Crippen LogP) is 3.72. The van der Waals surface area contributed by atoms with E-state index >= 15 is 0 Å². The van der Waals surface area contributed by atoms with Crippen LogP contribution in [0.5, 0.6) is 0 Å². The molecule has 2 aromatic rings. The van der Waals surface area contributed by atoms with E-state index in [1.165, 1.54) is 0 Å². The molecule has 138 valence electrons. The number of hydrogen-bond acceptors (Lipinski definition) is 6. The zero-order valence-corrected chi connectivity index (χ0v) is 16.4. The predicted molar refractivity (Wildman–Crippen MR) is 103 cm³/mol. The summed E-state index contributed by atoms with van der Waals surface area (Å²) in [7, 11) is 0. The zero-order chi connectivity index (χ0) is 18.0. The fourth-order valence-corrected chi connectivity index (χ4v) is 5.25. The van der Waals surface area contributed by atoms with Gasteiger partial charge in [0, 0.05) is 48.3 Å². The van der Waals surface area contributed by atoms with E-state index in [1.54, 1.807) is 23.1 Å². The number of benzene rings is 1. The number of thiazole rings is 1. The number of likely N-dealkylation sites (tertiary alicyclic amines) is 1. The maximum atomic E-state index is 13.1. The molecule has 0 unspecified atom stereocenters. The molecule has 0 atom stereocenters.